The molecule has 0 N–H and O–H groups in total. The van der Waals surface area contributed by atoms with Crippen LogP contribution in [0.25, 0.3) is 6.08 Å². The minimum atomic E-state index is -0.152. The van der Waals surface area contributed by atoms with Gasteiger partial charge in [0.2, 0.25) is 0 Å². The summed E-state index contributed by atoms with van der Waals surface area (Å²) >= 11 is 0. The van der Waals surface area contributed by atoms with Gasteiger partial charge >= 0.3 is 0 Å². The van der Waals surface area contributed by atoms with Gasteiger partial charge < -0.3 is 0 Å². The van der Waals surface area contributed by atoms with Crippen LogP contribution in [0.4, 0.5) is 0 Å². The van der Waals surface area contributed by atoms with Crippen molar-refractivity contribution in [3.8, 4) is 0 Å². The Labute approximate surface area is 63.7 Å². The number of rotatable bonds is 0. The van der Waals surface area contributed by atoms with Crippen LogP contribution in [-0.2, 0) is 4.79 Å². The molecule has 0 atom stereocenters. The van der Waals surface area contributed by atoms with E-state index >= 15 is 0 Å². The molecule has 0 aliphatic carbocycles. The smallest absolute Gasteiger partial charge is 0.267 e. The van der Waals surface area contributed by atoms with E-state index in [4.69, 9.17) is 0 Å². The average molecular weight is 145 g/mol. The SMILES string of the molecule is O=C1C=c2ccccc2=N1.[N]. The largest absolute Gasteiger partial charge is 0.270 e. The molecule has 1 aromatic rings. The van der Waals surface area contributed by atoms with Crippen LogP contribution in [-0.4, -0.2) is 5.91 Å². The molecule has 3 radical (unpaired) electrons. The number of nitrogens with zero attached hydrogens (tertiary/aromatic N) is 2. The Morgan fingerprint density at radius 3 is 2.64 bits per heavy atom. The first-order chi connectivity index (χ1) is 4.86. The fourth-order valence-corrected chi connectivity index (χ4v) is 0.995. The minimum absolute atomic E-state index is 0. The standard InChI is InChI=1S/C8H5NO.N/c10-8-5-6-3-1-2-4-7(6)9-8;/h1-5H;. The normalized spacial score (nSPS) is 12.5. The minimum Gasteiger partial charge on any atom is -0.267 e. The third kappa shape index (κ3) is 1.18. The number of hydrogen-bond acceptors (Lipinski definition) is 1. The fourth-order valence-electron chi connectivity index (χ4n) is 0.995. The van der Waals surface area contributed by atoms with E-state index in [0.717, 1.165) is 10.6 Å². The summed E-state index contributed by atoms with van der Waals surface area (Å²) in [5.74, 6) is -0.152. The van der Waals surface area contributed by atoms with Crippen LogP contribution < -0.4 is 16.7 Å². The lowest BCUT2D eigenvalue weighted by atomic mass is 10.3. The van der Waals surface area contributed by atoms with E-state index in [1.807, 2.05) is 24.3 Å². The number of fused-ring (bicyclic) bond motifs is 1. The molecule has 0 aromatic heterocycles. The molecule has 2 rings (SSSR count). The molecule has 1 amide bonds. The van der Waals surface area contributed by atoms with Crippen LogP contribution in [0.3, 0.4) is 0 Å². The number of amides is 1. The van der Waals surface area contributed by atoms with E-state index in [9.17, 15) is 4.79 Å². The van der Waals surface area contributed by atoms with Crippen molar-refractivity contribution in [1.82, 2.24) is 6.15 Å². The predicted molar refractivity (Wildman–Crippen MR) is 38.8 cm³/mol. The highest BCUT2D eigenvalue weighted by Crippen LogP contribution is 1.81. The number of para-hydroxylation sites is 1. The van der Waals surface area contributed by atoms with Crippen molar-refractivity contribution in [3.05, 3.63) is 34.8 Å². The summed E-state index contributed by atoms with van der Waals surface area (Å²) in [5.41, 5.74) is 0. The molecule has 0 fully saturated rings. The first-order valence-electron chi connectivity index (χ1n) is 3.06. The maximum absolute atomic E-state index is 10.7. The van der Waals surface area contributed by atoms with Crippen molar-refractivity contribution in [2.45, 2.75) is 0 Å². The van der Waals surface area contributed by atoms with Gasteiger partial charge in [-0.1, -0.05) is 18.2 Å². The molecule has 0 saturated carbocycles. The maximum Gasteiger partial charge on any atom is 0.270 e. The van der Waals surface area contributed by atoms with Gasteiger partial charge in [0.25, 0.3) is 5.91 Å². The monoisotopic (exact) mass is 145 g/mol. The number of benzene rings is 1. The Balaban J connectivity index is 0.000000605. The Bertz CT molecular complexity index is 358. The van der Waals surface area contributed by atoms with Crippen LogP contribution in [0.5, 0.6) is 0 Å². The van der Waals surface area contributed by atoms with Gasteiger partial charge in [0, 0.05) is 17.4 Å². The first kappa shape index (κ1) is 7.63. The lowest BCUT2D eigenvalue weighted by Crippen LogP contribution is -2.19. The van der Waals surface area contributed by atoms with Gasteiger partial charge in [-0.15, -0.1) is 0 Å². The zero-order chi connectivity index (χ0) is 6.97. The van der Waals surface area contributed by atoms with Crippen LogP contribution in [0, 0.1) is 0 Å². The molecule has 3 heteroatoms. The van der Waals surface area contributed by atoms with Crippen molar-refractivity contribution in [3.63, 3.8) is 0 Å². The molecule has 0 unspecified atom stereocenters. The molecule has 1 aliphatic heterocycles. The van der Waals surface area contributed by atoms with E-state index in [1.54, 1.807) is 0 Å². The second-order valence-corrected chi connectivity index (χ2v) is 2.15. The molecule has 0 bridgehead atoms. The highest BCUT2D eigenvalue weighted by Gasteiger charge is 1.99. The van der Waals surface area contributed by atoms with Gasteiger partial charge in [-0.2, -0.15) is 0 Å². The lowest BCUT2D eigenvalue weighted by Gasteiger charge is -1.77. The summed E-state index contributed by atoms with van der Waals surface area (Å²) in [4.78, 5) is 14.4. The van der Waals surface area contributed by atoms with Crippen LogP contribution in [0.1, 0.15) is 0 Å². The van der Waals surface area contributed by atoms with Crippen LogP contribution in [0.2, 0.25) is 0 Å². The second-order valence-electron chi connectivity index (χ2n) is 2.15. The number of carbonyl (C=O) groups is 1. The molecular weight excluding hydrogens is 140 g/mol. The van der Waals surface area contributed by atoms with E-state index in [-0.39, 0.29) is 12.1 Å². The Hall–Kier alpha value is -1.48. The molecule has 1 aromatic carbocycles. The number of carbonyl (C=O) groups excluding carboxylic acids is 1. The summed E-state index contributed by atoms with van der Waals surface area (Å²) in [7, 11) is 0. The van der Waals surface area contributed by atoms with Crippen molar-refractivity contribution in [2.75, 3.05) is 0 Å². The van der Waals surface area contributed by atoms with E-state index in [2.05, 4.69) is 4.99 Å². The summed E-state index contributed by atoms with van der Waals surface area (Å²) < 4.78 is 0. The first-order valence-corrected chi connectivity index (χ1v) is 3.06. The third-order valence-electron chi connectivity index (χ3n) is 1.45. The average Bonchev–Trinajstić information content (AvgIpc) is 2.27. The molecular formula is C8H5N2O. The fraction of sp³-hybridized carbons (Fsp3) is 0. The van der Waals surface area contributed by atoms with Crippen molar-refractivity contribution in [1.29, 1.82) is 0 Å². The van der Waals surface area contributed by atoms with Gasteiger partial charge in [0.15, 0.2) is 0 Å². The molecule has 53 valence electrons. The van der Waals surface area contributed by atoms with E-state index < -0.39 is 0 Å². The second kappa shape index (κ2) is 2.64. The van der Waals surface area contributed by atoms with Crippen molar-refractivity contribution < 1.29 is 4.79 Å². The lowest BCUT2D eigenvalue weighted by molar-refractivity contribution is -0.112. The molecule has 0 saturated heterocycles. The summed E-state index contributed by atoms with van der Waals surface area (Å²) in [6.45, 7) is 0. The van der Waals surface area contributed by atoms with Crippen LogP contribution >= 0.6 is 0 Å². The zero-order valence-electron chi connectivity index (χ0n) is 5.69. The Morgan fingerprint density at radius 2 is 1.91 bits per heavy atom. The summed E-state index contributed by atoms with van der Waals surface area (Å²) in [6.07, 6.45) is 1.54. The predicted octanol–water partition coefficient (Wildman–Crippen LogP) is -0.854. The van der Waals surface area contributed by atoms with Crippen LogP contribution in [0.15, 0.2) is 29.3 Å². The molecule has 3 nitrogen and oxygen atoms in total. The highest BCUT2D eigenvalue weighted by molar-refractivity contribution is 6.06. The summed E-state index contributed by atoms with van der Waals surface area (Å²) in [6, 6.07) is 7.47. The van der Waals surface area contributed by atoms with Gasteiger partial charge in [-0.05, 0) is 6.07 Å². The van der Waals surface area contributed by atoms with E-state index in [0.29, 0.717) is 0 Å². The van der Waals surface area contributed by atoms with Gasteiger partial charge in [0.1, 0.15) is 0 Å². The Morgan fingerprint density at radius 1 is 1.18 bits per heavy atom. The van der Waals surface area contributed by atoms with Gasteiger partial charge in [-0.25, -0.2) is 4.99 Å². The quantitative estimate of drug-likeness (QED) is 0.469. The molecule has 11 heavy (non-hydrogen) atoms. The Kier molecular flexibility index (Phi) is 1.83. The van der Waals surface area contributed by atoms with Crippen molar-refractivity contribution in [2.24, 2.45) is 4.99 Å². The van der Waals surface area contributed by atoms with Crippen molar-refractivity contribution >= 4 is 12.0 Å². The molecule has 1 heterocycles. The topological polar surface area (TPSA) is 59.9 Å². The molecule has 1 aliphatic rings. The molecule has 0 spiro atoms. The maximum atomic E-state index is 10.7. The summed E-state index contributed by atoms with van der Waals surface area (Å²) in [5, 5.41) is 1.71. The van der Waals surface area contributed by atoms with Gasteiger partial charge in [0.05, 0.1) is 5.36 Å². The van der Waals surface area contributed by atoms with Gasteiger partial charge in [-0.3, -0.25) is 4.79 Å². The third-order valence-corrected chi connectivity index (χ3v) is 1.45. The van der Waals surface area contributed by atoms with E-state index in [1.165, 1.54) is 6.08 Å². The zero-order valence-corrected chi connectivity index (χ0v) is 5.69. The number of hydrogen-bond donors (Lipinski definition) is 0. The highest BCUT2D eigenvalue weighted by atomic mass is 16.1.